The van der Waals surface area contributed by atoms with Gasteiger partial charge in [0.05, 0.1) is 17.3 Å². The number of carbonyl (C=O) groups is 3. The molecule has 1 saturated heterocycles. The molecule has 7 N–H and O–H groups in total. The monoisotopic (exact) mass is 723 g/mol. The van der Waals surface area contributed by atoms with Gasteiger partial charge in [0, 0.05) is 12.0 Å². The highest BCUT2D eigenvalue weighted by Crippen LogP contribution is 2.33. The van der Waals surface area contributed by atoms with Crippen molar-refractivity contribution in [2.24, 2.45) is 10.9 Å². The second-order valence-electron chi connectivity index (χ2n) is 11.6. The first-order valence-corrected chi connectivity index (χ1v) is 17.1. The van der Waals surface area contributed by atoms with Gasteiger partial charge < -0.3 is 36.2 Å². The number of rotatable bonds is 16. The predicted octanol–water partition coefficient (Wildman–Crippen LogP) is -0.678. The average molecular weight is 724 g/mol. The maximum atomic E-state index is 13.2. The summed E-state index contributed by atoms with van der Waals surface area (Å²) in [7, 11) is -5.02. The van der Waals surface area contributed by atoms with E-state index < -0.39 is 58.2 Å². The number of fused-ring (bicyclic) bond motifs is 1. The topological polar surface area (TPSA) is 264 Å². The van der Waals surface area contributed by atoms with Crippen LogP contribution in [0.2, 0.25) is 0 Å². The smallest absolute Gasteiger partial charge is 0.418 e. The number of oxime groups is 1. The van der Waals surface area contributed by atoms with Crippen LogP contribution in [0.4, 0.5) is 5.13 Å². The summed E-state index contributed by atoms with van der Waals surface area (Å²) in [5.74, 6) is -3.11. The van der Waals surface area contributed by atoms with Crippen molar-refractivity contribution < 1.29 is 55.7 Å². The lowest BCUT2D eigenvalue weighted by Gasteiger charge is -2.50. The summed E-state index contributed by atoms with van der Waals surface area (Å²) < 4.78 is 51.1. The number of nitrogens with zero attached hydrogens (tertiary/aromatic N) is 5. The Balaban J connectivity index is 1.21. The molecule has 1 aromatic carbocycles. The largest absolute Gasteiger partial charge is 0.489 e. The highest BCUT2D eigenvalue weighted by Gasteiger charge is 2.58. The number of hydroxylamine groups is 2. The molecule has 0 aliphatic carbocycles. The Morgan fingerprint density at radius 1 is 1.27 bits per heavy atom. The van der Waals surface area contributed by atoms with Crippen LogP contribution in [-0.4, -0.2) is 99.8 Å². The molecule has 21 heteroatoms. The third-order valence-electron chi connectivity index (χ3n) is 7.63. The second-order valence-corrected chi connectivity index (χ2v) is 13.5. The number of nitrogen functional groups attached to an aromatic ring is 1. The number of benzene rings is 1. The molecule has 1 unspecified atom stereocenters. The molecule has 264 valence electrons. The summed E-state index contributed by atoms with van der Waals surface area (Å²) >= 11 is 0.961. The van der Waals surface area contributed by atoms with E-state index >= 15 is 0 Å². The molecule has 3 aromatic rings. The number of carboxylic acid groups (broad SMARTS) is 1. The van der Waals surface area contributed by atoms with Gasteiger partial charge in [-0.25, -0.2) is 9.78 Å². The number of hydrogen-bond acceptors (Lipinski definition) is 14. The van der Waals surface area contributed by atoms with E-state index in [9.17, 15) is 27.9 Å². The number of nitrogens with one attached hydrogen (secondary N) is 1. The van der Waals surface area contributed by atoms with E-state index in [1.54, 1.807) is 12.1 Å². The van der Waals surface area contributed by atoms with Gasteiger partial charge in [0.2, 0.25) is 6.20 Å². The van der Waals surface area contributed by atoms with Gasteiger partial charge in [-0.1, -0.05) is 17.3 Å². The van der Waals surface area contributed by atoms with E-state index in [0.717, 1.165) is 42.0 Å². The Labute approximate surface area is 283 Å². The summed E-state index contributed by atoms with van der Waals surface area (Å²) in [6.07, 6.45) is 3.26. The fourth-order valence-corrected chi connectivity index (χ4v) is 6.08. The maximum Gasteiger partial charge on any atom is 0.418 e. The van der Waals surface area contributed by atoms with Gasteiger partial charge >= 0.3 is 16.4 Å². The molecule has 49 heavy (non-hydrogen) atoms. The zero-order chi connectivity index (χ0) is 35.5. The Kier molecular flexibility index (Phi) is 10.5. The van der Waals surface area contributed by atoms with E-state index in [0.29, 0.717) is 24.0 Å². The van der Waals surface area contributed by atoms with Crippen LogP contribution in [-0.2, 0) is 51.7 Å². The molecule has 0 radical (unpaired) electrons. The van der Waals surface area contributed by atoms with Crippen molar-refractivity contribution in [3.63, 3.8) is 0 Å². The van der Waals surface area contributed by atoms with E-state index in [1.807, 2.05) is 24.5 Å². The van der Waals surface area contributed by atoms with Crippen LogP contribution in [0.15, 0.2) is 47.2 Å². The third-order valence-corrected chi connectivity index (χ3v) is 8.64. The summed E-state index contributed by atoms with van der Waals surface area (Å²) in [6.45, 7) is 4.90. The molecular weight excluding hydrogens is 688 g/mol. The molecule has 1 fully saturated rings. The van der Waals surface area contributed by atoms with E-state index in [2.05, 4.69) is 29.1 Å². The molecule has 0 bridgehead atoms. The quantitative estimate of drug-likeness (QED) is 0.0306. The molecule has 2 aliphatic heterocycles. The fourth-order valence-electron chi connectivity index (χ4n) is 5.08. The first kappa shape index (κ1) is 35.6. The van der Waals surface area contributed by atoms with Crippen molar-refractivity contribution in [2.75, 3.05) is 25.5 Å². The molecule has 2 amide bonds. The van der Waals surface area contributed by atoms with Crippen molar-refractivity contribution in [1.82, 2.24) is 20.0 Å². The summed E-state index contributed by atoms with van der Waals surface area (Å²) in [5, 5.41) is 17.7. The molecule has 0 saturated carbocycles. The molecule has 2 atom stereocenters. The number of thiazole rings is 1. The van der Waals surface area contributed by atoms with E-state index in [1.165, 1.54) is 19.2 Å². The Morgan fingerprint density at radius 2 is 2.00 bits per heavy atom. The van der Waals surface area contributed by atoms with Gasteiger partial charge in [0.1, 0.15) is 36.7 Å². The SMILES string of the molecule is CC1(C)[C@H](NC(=O)/C(=N\OC(COc2ccc(-c3cn4[n+](c3)CC(OCCCN)C4)cc2)C(=O)O)c2csc(N)n2)C(=O)N1OS(=O)(=O)O. The highest BCUT2D eigenvalue weighted by molar-refractivity contribution is 7.80. The lowest BCUT2D eigenvalue weighted by molar-refractivity contribution is -0.760. The Bertz CT molecular complexity index is 1820. The number of hydrogen-bond donors (Lipinski definition) is 5. The number of aliphatic carboxylic acids is 1. The van der Waals surface area contributed by atoms with Gasteiger partial charge in [0.25, 0.3) is 17.9 Å². The van der Waals surface area contributed by atoms with Crippen molar-refractivity contribution in [2.45, 2.75) is 57.1 Å². The highest BCUT2D eigenvalue weighted by atomic mass is 32.3. The lowest BCUT2D eigenvalue weighted by atomic mass is 9.84. The molecule has 5 rings (SSSR count). The summed E-state index contributed by atoms with van der Waals surface area (Å²) in [5.41, 5.74) is 11.1. The number of carboxylic acids is 1. The number of aromatic nitrogens is 3. The molecule has 19 nitrogen and oxygen atoms in total. The number of nitrogens with two attached hydrogens (primary N) is 2. The summed E-state index contributed by atoms with van der Waals surface area (Å²) in [4.78, 5) is 47.0. The van der Waals surface area contributed by atoms with Gasteiger partial charge in [-0.3, -0.25) is 14.1 Å². The molecule has 2 aliphatic rings. The van der Waals surface area contributed by atoms with Crippen molar-refractivity contribution in [1.29, 1.82) is 0 Å². The van der Waals surface area contributed by atoms with Crippen molar-refractivity contribution in [3.05, 3.63) is 47.7 Å². The number of carbonyl (C=O) groups excluding carboxylic acids is 2. The summed E-state index contributed by atoms with van der Waals surface area (Å²) in [6, 6.07) is 5.67. The number of ether oxygens (including phenoxy) is 2. The molecule has 2 aromatic heterocycles. The zero-order valence-electron chi connectivity index (χ0n) is 26.3. The van der Waals surface area contributed by atoms with Gasteiger partial charge in [-0.05, 0) is 44.5 Å². The van der Waals surface area contributed by atoms with Crippen LogP contribution in [0.25, 0.3) is 11.1 Å². The minimum Gasteiger partial charge on any atom is -0.489 e. The van der Waals surface area contributed by atoms with E-state index in [4.69, 9.17) is 30.3 Å². The number of β-lactam (4-membered cyclic amide) rings is 1. The Morgan fingerprint density at radius 3 is 2.59 bits per heavy atom. The lowest BCUT2D eigenvalue weighted by Crippen LogP contribution is -2.76. The average Bonchev–Trinajstić information content (AvgIpc) is 3.75. The minimum absolute atomic E-state index is 0.0601. The number of anilines is 1. The van der Waals surface area contributed by atoms with Crippen LogP contribution in [0.1, 0.15) is 26.0 Å². The van der Waals surface area contributed by atoms with Crippen LogP contribution < -0.4 is 26.2 Å². The number of amides is 2. The first-order chi connectivity index (χ1) is 23.2. The third kappa shape index (κ3) is 8.32. The standard InChI is InChI=1S/C28H34N8O11S2/c1-28(2)23(25(38)36(28)47-49(41,42)43)32-24(37)22(20-15-48-27(30)31-20)33-46-21(26(39)40)14-45-18-6-4-16(5-7-18)17-10-34-12-19(13-35(34)11-17)44-9-3-8-29/h4-7,10-11,15,19,21,23H,3,8-9,12-14,29H2,1-2H3,(H4-,30,31,32,37,39,40,41,42,43)/p+1/b33-22-/t21?,23-/m1/s1. The fraction of sp³-hybridized carbons (Fsp3) is 0.429. The van der Waals surface area contributed by atoms with Crippen LogP contribution in [0, 0.1) is 0 Å². The molecular formula is C28H35N8O11S2+. The van der Waals surface area contributed by atoms with Crippen LogP contribution in [0.3, 0.4) is 0 Å². The molecule has 4 heterocycles. The maximum absolute atomic E-state index is 13.2. The Hall–Kier alpha value is -4.67. The van der Waals surface area contributed by atoms with Gasteiger partial charge in [-0.15, -0.1) is 20.3 Å². The van der Waals surface area contributed by atoms with E-state index in [-0.39, 0.29) is 16.9 Å². The van der Waals surface area contributed by atoms with Crippen molar-refractivity contribution in [3.8, 4) is 16.9 Å². The molecule has 0 spiro atoms. The van der Waals surface area contributed by atoms with Gasteiger partial charge in [-0.2, -0.15) is 18.2 Å². The zero-order valence-corrected chi connectivity index (χ0v) is 27.9. The minimum atomic E-state index is -5.02. The normalized spacial score (nSPS) is 19.2. The van der Waals surface area contributed by atoms with Crippen LogP contribution in [0.5, 0.6) is 5.75 Å². The second kappa shape index (κ2) is 14.4. The van der Waals surface area contributed by atoms with Gasteiger partial charge in [0.15, 0.2) is 17.4 Å². The predicted molar refractivity (Wildman–Crippen MR) is 170 cm³/mol. The van der Waals surface area contributed by atoms with Crippen LogP contribution >= 0.6 is 11.3 Å². The van der Waals surface area contributed by atoms with Crippen molar-refractivity contribution >= 4 is 50.4 Å². The first-order valence-electron chi connectivity index (χ1n) is 14.8.